The molecule has 0 fully saturated rings. The summed E-state index contributed by atoms with van der Waals surface area (Å²) in [5.74, 6) is -1.82. The first-order valence-corrected chi connectivity index (χ1v) is 6.72. The molecule has 0 rings (SSSR count). The molecule has 0 spiro atoms. The molecule has 0 heterocycles. The standard InChI is InChI=1S/C9H17NO6S/c1-3-16-8(11)5-4-6-10-17(14,15)7(2)9(12)13/h7,10H,3-6H2,1-2H3,(H,12,13). The molecule has 1 unspecified atom stereocenters. The average Bonchev–Trinajstić information content (AvgIpc) is 2.23. The summed E-state index contributed by atoms with van der Waals surface area (Å²) < 4.78 is 29.4. The predicted molar refractivity (Wildman–Crippen MR) is 59.9 cm³/mol. The second-order valence-corrected chi connectivity index (χ2v) is 5.41. The molecule has 0 aliphatic heterocycles. The number of carboxylic acid groups (broad SMARTS) is 1. The molecule has 0 aromatic carbocycles. The van der Waals surface area contributed by atoms with Crippen molar-refractivity contribution < 1.29 is 27.9 Å². The van der Waals surface area contributed by atoms with Gasteiger partial charge in [-0.1, -0.05) is 0 Å². The van der Waals surface area contributed by atoms with Gasteiger partial charge in [-0.2, -0.15) is 0 Å². The van der Waals surface area contributed by atoms with E-state index in [9.17, 15) is 18.0 Å². The molecule has 0 aromatic rings. The lowest BCUT2D eigenvalue weighted by atomic mass is 10.3. The van der Waals surface area contributed by atoms with Crippen LogP contribution in [0.15, 0.2) is 0 Å². The quantitative estimate of drug-likeness (QED) is 0.462. The van der Waals surface area contributed by atoms with Gasteiger partial charge in [0.1, 0.15) is 0 Å². The number of carbonyl (C=O) groups is 2. The molecule has 2 N–H and O–H groups in total. The lowest BCUT2D eigenvalue weighted by molar-refractivity contribution is -0.143. The Morgan fingerprint density at radius 1 is 1.41 bits per heavy atom. The van der Waals surface area contributed by atoms with Crippen LogP contribution in [0.1, 0.15) is 26.7 Å². The van der Waals surface area contributed by atoms with E-state index in [1.807, 2.05) is 0 Å². The van der Waals surface area contributed by atoms with E-state index in [0.29, 0.717) is 0 Å². The third kappa shape index (κ3) is 6.22. The zero-order chi connectivity index (χ0) is 13.5. The maximum atomic E-state index is 11.3. The molecule has 100 valence electrons. The molecule has 1 atom stereocenters. The van der Waals surface area contributed by atoms with Crippen molar-refractivity contribution >= 4 is 22.0 Å². The summed E-state index contributed by atoms with van der Waals surface area (Å²) >= 11 is 0. The Bertz CT molecular complexity index is 364. The van der Waals surface area contributed by atoms with E-state index in [1.54, 1.807) is 6.92 Å². The van der Waals surface area contributed by atoms with E-state index in [-0.39, 0.29) is 26.0 Å². The highest BCUT2D eigenvalue weighted by molar-refractivity contribution is 7.90. The van der Waals surface area contributed by atoms with Crippen LogP contribution in [0.3, 0.4) is 0 Å². The van der Waals surface area contributed by atoms with Crippen LogP contribution < -0.4 is 4.72 Å². The van der Waals surface area contributed by atoms with E-state index >= 15 is 0 Å². The predicted octanol–water partition coefficient (Wildman–Crippen LogP) is -0.278. The molecular formula is C9H17NO6S. The Balaban J connectivity index is 3.97. The van der Waals surface area contributed by atoms with Crippen LogP contribution in [0.25, 0.3) is 0 Å². The number of esters is 1. The van der Waals surface area contributed by atoms with Crippen molar-refractivity contribution in [2.45, 2.75) is 31.9 Å². The van der Waals surface area contributed by atoms with Gasteiger partial charge in [0.05, 0.1) is 6.61 Å². The first-order chi connectivity index (χ1) is 7.81. The first-order valence-electron chi connectivity index (χ1n) is 5.18. The number of rotatable bonds is 8. The number of hydrogen-bond acceptors (Lipinski definition) is 5. The molecule has 0 amide bonds. The van der Waals surface area contributed by atoms with Crippen LogP contribution in [-0.4, -0.2) is 43.9 Å². The van der Waals surface area contributed by atoms with Crippen molar-refractivity contribution in [2.75, 3.05) is 13.2 Å². The number of hydrogen-bond donors (Lipinski definition) is 2. The van der Waals surface area contributed by atoms with Crippen LogP contribution in [0.4, 0.5) is 0 Å². The topological polar surface area (TPSA) is 110 Å². The summed E-state index contributed by atoms with van der Waals surface area (Å²) in [7, 11) is -3.87. The molecule has 7 nitrogen and oxygen atoms in total. The van der Waals surface area contributed by atoms with E-state index in [1.165, 1.54) is 0 Å². The fourth-order valence-corrected chi connectivity index (χ4v) is 1.88. The van der Waals surface area contributed by atoms with Gasteiger partial charge in [-0.25, -0.2) is 13.1 Å². The van der Waals surface area contributed by atoms with Crippen molar-refractivity contribution in [1.29, 1.82) is 0 Å². The van der Waals surface area contributed by atoms with Crippen molar-refractivity contribution in [3.63, 3.8) is 0 Å². The maximum Gasteiger partial charge on any atom is 0.323 e. The second kappa shape index (κ2) is 7.23. The van der Waals surface area contributed by atoms with E-state index < -0.39 is 27.2 Å². The summed E-state index contributed by atoms with van der Waals surface area (Å²) in [6.07, 6.45) is 0.363. The Morgan fingerprint density at radius 3 is 2.47 bits per heavy atom. The maximum absolute atomic E-state index is 11.3. The highest BCUT2D eigenvalue weighted by Crippen LogP contribution is 1.99. The number of sulfonamides is 1. The minimum atomic E-state index is -3.87. The molecule has 0 saturated heterocycles. The summed E-state index contributed by atoms with van der Waals surface area (Å²) in [6, 6.07) is 0. The summed E-state index contributed by atoms with van der Waals surface area (Å²) in [4.78, 5) is 21.4. The Labute approximate surface area is 100 Å². The monoisotopic (exact) mass is 267 g/mol. The van der Waals surface area contributed by atoms with Gasteiger partial charge in [-0.15, -0.1) is 0 Å². The number of carboxylic acids is 1. The van der Waals surface area contributed by atoms with Crippen LogP contribution >= 0.6 is 0 Å². The molecule has 8 heteroatoms. The highest BCUT2D eigenvalue weighted by atomic mass is 32.2. The molecule has 0 aliphatic rings. The minimum Gasteiger partial charge on any atom is -0.480 e. The number of nitrogens with one attached hydrogen (secondary N) is 1. The lowest BCUT2D eigenvalue weighted by Crippen LogP contribution is -2.38. The van der Waals surface area contributed by atoms with Gasteiger partial charge >= 0.3 is 11.9 Å². The molecule has 0 radical (unpaired) electrons. The van der Waals surface area contributed by atoms with Gasteiger partial charge in [0.2, 0.25) is 10.0 Å². The molecule has 0 saturated carbocycles. The van der Waals surface area contributed by atoms with Crippen LogP contribution in [-0.2, 0) is 24.3 Å². The first kappa shape index (κ1) is 15.9. The largest absolute Gasteiger partial charge is 0.480 e. The summed E-state index contributed by atoms with van der Waals surface area (Å²) in [6.45, 7) is 3.05. The van der Waals surface area contributed by atoms with E-state index in [0.717, 1.165) is 6.92 Å². The van der Waals surface area contributed by atoms with Gasteiger partial charge in [0, 0.05) is 13.0 Å². The SMILES string of the molecule is CCOC(=O)CCCNS(=O)(=O)C(C)C(=O)O. The average molecular weight is 267 g/mol. The molecule has 0 aromatic heterocycles. The van der Waals surface area contributed by atoms with Gasteiger partial charge in [0.25, 0.3) is 0 Å². The minimum absolute atomic E-state index is 0.0127. The third-order valence-electron chi connectivity index (χ3n) is 1.98. The Morgan fingerprint density at radius 2 is 2.00 bits per heavy atom. The number of ether oxygens (including phenoxy) is 1. The van der Waals surface area contributed by atoms with Crippen molar-refractivity contribution in [3.05, 3.63) is 0 Å². The van der Waals surface area contributed by atoms with Crippen molar-refractivity contribution in [3.8, 4) is 0 Å². The Kier molecular flexibility index (Phi) is 6.74. The summed E-state index contributed by atoms with van der Waals surface area (Å²) in [5, 5.41) is 7.03. The van der Waals surface area contributed by atoms with Gasteiger partial charge in [0.15, 0.2) is 5.25 Å². The fourth-order valence-electron chi connectivity index (χ4n) is 0.938. The van der Waals surface area contributed by atoms with Crippen molar-refractivity contribution in [1.82, 2.24) is 4.72 Å². The Hall–Kier alpha value is -1.15. The van der Waals surface area contributed by atoms with Crippen LogP contribution in [0.2, 0.25) is 0 Å². The van der Waals surface area contributed by atoms with Crippen LogP contribution in [0.5, 0.6) is 0 Å². The number of aliphatic carboxylic acids is 1. The van der Waals surface area contributed by atoms with Crippen molar-refractivity contribution in [2.24, 2.45) is 0 Å². The fraction of sp³-hybridized carbons (Fsp3) is 0.778. The van der Waals surface area contributed by atoms with E-state index in [2.05, 4.69) is 9.46 Å². The molecule has 0 bridgehead atoms. The zero-order valence-corrected chi connectivity index (χ0v) is 10.6. The zero-order valence-electron chi connectivity index (χ0n) is 9.80. The van der Waals surface area contributed by atoms with Crippen LogP contribution in [0, 0.1) is 0 Å². The lowest BCUT2D eigenvalue weighted by Gasteiger charge is -2.09. The normalized spacial score (nSPS) is 13.1. The molecule has 17 heavy (non-hydrogen) atoms. The highest BCUT2D eigenvalue weighted by Gasteiger charge is 2.26. The third-order valence-corrected chi connectivity index (χ3v) is 3.72. The second-order valence-electron chi connectivity index (χ2n) is 3.33. The van der Waals surface area contributed by atoms with Gasteiger partial charge in [-0.05, 0) is 20.3 Å². The molecule has 0 aliphatic carbocycles. The van der Waals surface area contributed by atoms with Gasteiger partial charge < -0.3 is 9.84 Å². The van der Waals surface area contributed by atoms with Gasteiger partial charge in [-0.3, -0.25) is 9.59 Å². The smallest absolute Gasteiger partial charge is 0.323 e. The number of carbonyl (C=O) groups excluding carboxylic acids is 1. The molecular weight excluding hydrogens is 250 g/mol. The van der Waals surface area contributed by atoms with E-state index in [4.69, 9.17) is 5.11 Å². The summed E-state index contributed by atoms with van der Waals surface area (Å²) in [5.41, 5.74) is 0.